The van der Waals surface area contributed by atoms with Crippen molar-refractivity contribution in [2.45, 2.75) is 20.4 Å². The molecule has 9 heteroatoms. The van der Waals surface area contributed by atoms with Crippen LogP contribution in [0.3, 0.4) is 0 Å². The number of aromatic nitrogens is 6. The van der Waals surface area contributed by atoms with Crippen LogP contribution in [0.5, 0.6) is 5.75 Å². The van der Waals surface area contributed by atoms with Crippen molar-refractivity contribution < 1.29 is 4.74 Å². The number of imidazole rings is 1. The predicted octanol–water partition coefficient (Wildman–Crippen LogP) is 1.41. The van der Waals surface area contributed by atoms with E-state index in [1.807, 2.05) is 28.8 Å². The lowest BCUT2D eigenvalue weighted by Gasteiger charge is -2.09. The smallest absolute Gasteiger partial charge is 0.332 e. The fraction of sp³-hybridized carbons (Fsp3) is 0.368. The highest BCUT2D eigenvalue weighted by Crippen LogP contribution is 2.26. The van der Waals surface area contributed by atoms with Gasteiger partial charge in [0.1, 0.15) is 5.75 Å². The topological polar surface area (TPSA) is 88.3 Å². The van der Waals surface area contributed by atoms with E-state index in [-0.39, 0.29) is 11.5 Å². The number of hydrogen-bond donors (Lipinski definition) is 0. The molecule has 0 aliphatic carbocycles. The molecule has 0 atom stereocenters. The Bertz CT molecular complexity index is 1300. The van der Waals surface area contributed by atoms with Crippen LogP contribution in [0.25, 0.3) is 28.3 Å². The molecule has 28 heavy (non-hydrogen) atoms. The fourth-order valence-electron chi connectivity index (χ4n) is 3.52. The number of hydrogen-bond acceptors (Lipinski definition) is 5. The molecule has 0 spiro atoms. The molecule has 0 radical (unpaired) electrons. The lowest BCUT2D eigenvalue weighted by molar-refractivity contribution is 0.415. The molecule has 0 fully saturated rings. The number of rotatable bonds is 4. The molecule has 0 aliphatic rings. The summed E-state index contributed by atoms with van der Waals surface area (Å²) in [7, 11) is 4.75. The summed E-state index contributed by atoms with van der Waals surface area (Å²) >= 11 is 0. The van der Waals surface area contributed by atoms with Crippen molar-refractivity contribution in [1.82, 2.24) is 28.3 Å². The first kappa shape index (κ1) is 18.0. The lowest BCUT2D eigenvalue weighted by atomic mass is 10.2. The third-order valence-corrected chi connectivity index (χ3v) is 4.88. The van der Waals surface area contributed by atoms with Gasteiger partial charge in [0.15, 0.2) is 17.0 Å². The monoisotopic (exact) mass is 382 g/mol. The summed E-state index contributed by atoms with van der Waals surface area (Å²) in [4.78, 5) is 25.5. The Labute approximate surface area is 160 Å². The molecule has 0 saturated carbocycles. The first-order chi connectivity index (χ1) is 13.3. The molecular formula is C19H22N6O3. The van der Waals surface area contributed by atoms with Gasteiger partial charge in [-0.2, -0.15) is 0 Å². The zero-order valence-electron chi connectivity index (χ0n) is 16.5. The maximum absolute atomic E-state index is 13.0. The van der Waals surface area contributed by atoms with Crippen molar-refractivity contribution in [1.29, 1.82) is 0 Å². The summed E-state index contributed by atoms with van der Waals surface area (Å²) in [6, 6.07) is 7.42. The number of aryl methyl sites for hydroxylation is 1. The minimum absolute atomic E-state index is 0.280. The second-order valence-corrected chi connectivity index (χ2v) is 7.27. The van der Waals surface area contributed by atoms with Gasteiger partial charge in [-0.1, -0.05) is 13.8 Å². The van der Waals surface area contributed by atoms with Crippen LogP contribution in [0.4, 0.5) is 0 Å². The van der Waals surface area contributed by atoms with Crippen LogP contribution < -0.4 is 16.0 Å². The average molecular weight is 382 g/mol. The number of benzene rings is 1. The third kappa shape index (κ3) is 2.46. The standard InChI is InChI=1S/C19H22N6O3/c1-11(2)10-24-14-16(22(3)19(27)23(4)17(14)26)25-15(20-21-18(24)25)12-6-8-13(28-5)9-7-12/h6-9,11H,10H2,1-5H3. The van der Waals surface area contributed by atoms with Crippen LogP contribution in [0.2, 0.25) is 0 Å². The van der Waals surface area contributed by atoms with Gasteiger partial charge >= 0.3 is 5.69 Å². The maximum atomic E-state index is 13.0. The highest BCUT2D eigenvalue weighted by Gasteiger charge is 2.24. The zero-order chi connectivity index (χ0) is 20.2. The molecule has 0 amide bonds. The van der Waals surface area contributed by atoms with Crippen molar-refractivity contribution in [3.8, 4) is 17.1 Å². The van der Waals surface area contributed by atoms with Gasteiger partial charge in [-0.25, -0.2) is 9.20 Å². The highest BCUT2D eigenvalue weighted by molar-refractivity contribution is 5.79. The quantitative estimate of drug-likeness (QED) is 0.533. The van der Waals surface area contributed by atoms with Crippen LogP contribution in [-0.4, -0.2) is 35.4 Å². The van der Waals surface area contributed by atoms with Crippen molar-refractivity contribution in [3.05, 3.63) is 45.1 Å². The lowest BCUT2D eigenvalue weighted by Crippen LogP contribution is -2.38. The minimum Gasteiger partial charge on any atom is -0.497 e. The van der Waals surface area contributed by atoms with E-state index in [0.717, 1.165) is 15.9 Å². The van der Waals surface area contributed by atoms with Crippen molar-refractivity contribution in [3.63, 3.8) is 0 Å². The number of methoxy groups -OCH3 is 1. The number of fused-ring (bicyclic) bond motifs is 3. The summed E-state index contributed by atoms with van der Waals surface area (Å²) in [6.45, 7) is 4.71. The summed E-state index contributed by atoms with van der Waals surface area (Å²) in [6.07, 6.45) is 0. The van der Waals surface area contributed by atoms with Gasteiger partial charge in [-0.3, -0.25) is 13.9 Å². The molecule has 3 heterocycles. The largest absolute Gasteiger partial charge is 0.497 e. The predicted molar refractivity (Wildman–Crippen MR) is 106 cm³/mol. The summed E-state index contributed by atoms with van der Waals surface area (Å²) in [5.41, 5.74) is 1.00. The number of nitrogens with zero attached hydrogens (tertiary/aromatic N) is 6. The zero-order valence-corrected chi connectivity index (χ0v) is 16.5. The van der Waals surface area contributed by atoms with Gasteiger partial charge < -0.3 is 9.30 Å². The Morgan fingerprint density at radius 3 is 2.32 bits per heavy atom. The van der Waals surface area contributed by atoms with Crippen LogP contribution in [0.1, 0.15) is 13.8 Å². The normalized spacial score (nSPS) is 11.8. The van der Waals surface area contributed by atoms with E-state index in [0.29, 0.717) is 29.3 Å². The van der Waals surface area contributed by atoms with Crippen LogP contribution in [0, 0.1) is 5.92 Å². The molecule has 0 saturated heterocycles. The Morgan fingerprint density at radius 2 is 1.71 bits per heavy atom. The van der Waals surface area contributed by atoms with Gasteiger partial charge in [0.25, 0.3) is 5.56 Å². The molecular weight excluding hydrogens is 360 g/mol. The second-order valence-electron chi connectivity index (χ2n) is 7.27. The van der Waals surface area contributed by atoms with Gasteiger partial charge in [0, 0.05) is 26.2 Å². The summed E-state index contributed by atoms with van der Waals surface area (Å²) in [5, 5.41) is 8.70. The van der Waals surface area contributed by atoms with Crippen molar-refractivity contribution in [2.75, 3.05) is 7.11 Å². The Balaban J connectivity index is 2.16. The molecule has 4 rings (SSSR count). The van der Waals surface area contributed by atoms with Gasteiger partial charge in [0.2, 0.25) is 5.78 Å². The van der Waals surface area contributed by atoms with Gasteiger partial charge in [-0.15, -0.1) is 10.2 Å². The van der Waals surface area contributed by atoms with Crippen molar-refractivity contribution in [2.24, 2.45) is 20.0 Å². The van der Waals surface area contributed by atoms with E-state index in [2.05, 4.69) is 24.0 Å². The average Bonchev–Trinajstić information content (AvgIpc) is 3.23. The molecule has 3 aromatic heterocycles. The molecule has 146 valence electrons. The highest BCUT2D eigenvalue weighted by atomic mass is 16.5. The maximum Gasteiger partial charge on any atom is 0.332 e. The van der Waals surface area contributed by atoms with E-state index in [4.69, 9.17) is 4.74 Å². The third-order valence-electron chi connectivity index (χ3n) is 4.88. The Morgan fingerprint density at radius 1 is 1.04 bits per heavy atom. The van der Waals surface area contributed by atoms with Crippen LogP contribution in [0.15, 0.2) is 33.9 Å². The Hall–Kier alpha value is -3.36. The first-order valence-corrected chi connectivity index (χ1v) is 9.03. The molecule has 0 N–H and O–H groups in total. The van der Waals surface area contributed by atoms with E-state index < -0.39 is 5.69 Å². The van der Waals surface area contributed by atoms with E-state index in [9.17, 15) is 9.59 Å². The fourth-order valence-corrected chi connectivity index (χ4v) is 3.52. The molecule has 1 aromatic carbocycles. The SMILES string of the molecule is COc1ccc(-c2nnc3n(CC(C)C)c4c(=O)n(C)c(=O)n(C)c4n23)cc1. The van der Waals surface area contributed by atoms with Crippen LogP contribution >= 0.6 is 0 Å². The minimum atomic E-state index is -0.393. The molecule has 0 aliphatic heterocycles. The Kier molecular flexibility index (Phi) is 4.10. The summed E-state index contributed by atoms with van der Waals surface area (Å²) in [5.74, 6) is 2.11. The van der Waals surface area contributed by atoms with E-state index >= 15 is 0 Å². The molecule has 4 aromatic rings. The van der Waals surface area contributed by atoms with E-state index in [1.54, 1.807) is 18.6 Å². The number of ether oxygens (including phenoxy) is 1. The molecule has 9 nitrogen and oxygen atoms in total. The van der Waals surface area contributed by atoms with Crippen LogP contribution in [-0.2, 0) is 20.6 Å². The second kappa shape index (κ2) is 6.36. The summed E-state index contributed by atoms with van der Waals surface area (Å²) < 4.78 is 11.4. The first-order valence-electron chi connectivity index (χ1n) is 9.03. The molecule has 0 unspecified atom stereocenters. The van der Waals surface area contributed by atoms with Crippen molar-refractivity contribution >= 4 is 16.9 Å². The molecule has 0 bridgehead atoms. The van der Waals surface area contributed by atoms with E-state index in [1.165, 1.54) is 11.6 Å². The van der Waals surface area contributed by atoms with Gasteiger partial charge in [-0.05, 0) is 30.2 Å². The van der Waals surface area contributed by atoms with Gasteiger partial charge in [0.05, 0.1) is 7.11 Å².